The van der Waals surface area contributed by atoms with E-state index < -0.39 is 31.7 Å². The highest BCUT2D eigenvalue weighted by atomic mass is 35.5. The Morgan fingerprint density at radius 1 is 0.653 bits per heavy atom. The average molecular weight is 736 g/mol. The van der Waals surface area contributed by atoms with Gasteiger partial charge >= 0.3 is 0 Å². The molecule has 0 aliphatic rings. The van der Waals surface area contributed by atoms with Crippen molar-refractivity contribution in [2.45, 2.75) is 107 Å². The number of unbranched alkanes of at least 4 members (excludes halogenated alkanes) is 2. The highest BCUT2D eigenvalue weighted by molar-refractivity contribution is 7.91. The molecule has 1 unspecified atom stereocenters. The van der Waals surface area contributed by atoms with E-state index in [1.807, 2.05) is 36.4 Å². The van der Waals surface area contributed by atoms with Gasteiger partial charge in [-0.2, -0.15) is 0 Å². The first kappa shape index (κ1) is 39.3. The molecule has 4 rings (SSSR count). The van der Waals surface area contributed by atoms with Crippen LogP contribution in [0.4, 0.5) is 0 Å². The third-order valence-electron chi connectivity index (χ3n) is 10.2. The fourth-order valence-electron chi connectivity index (χ4n) is 6.35. The SMILES string of the molecule is CC(C)(C)[Si](C)(C)OCCCCCC(c1ccccc1CO[Si](c1ccccc1)(c1ccccc1)C(C)(C)C)S(=O)(=O)c1ccc(Cl)cc1. The van der Waals surface area contributed by atoms with Gasteiger partial charge in [0.05, 0.1) is 16.8 Å². The Labute approximate surface area is 303 Å². The summed E-state index contributed by atoms with van der Waals surface area (Å²) in [7, 11) is -8.42. The summed E-state index contributed by atoms with van der Waals surface area (Å²) >= 11 is 6.18. The third kappa shape index (κ3) is 9.23. The molecule has 4 aromatic carbocycles. The van der Waals surface area contributed by atoms with Gasteiger partial charge in [-0.15, -0.1) is 0 Å². The molecule has 0 aliphatic carbocycles. The van der Waals surface area contributed by atoms with Gasteiger partial charge in [-0.1, -0.05) is 151 Å². The molecule has 0 N–H and O–H groups in total. The van der Waals surface area contributed by atoms with Crippen LogP contribution in [-0.2, 0) is 25.3 Å². The number of hydrogen-bond donors (Lipinski definition) is 0. The largest absolute Gasteiger partial charge is 0.417 e. The summed E-state index contributed by atoms with van der Waals surface area (Å²) in [6.45, 7) is 19.1. The molecule has 0 spiro atoms. The summed E-state index contributed by atoms with van der Waals surface area (Å²) in [6, 6.07) is 35.6. The predicted molar refractivity (Wildman–Crippen MR) is 212 cm³/mol. The molecule has 0 saturated carbocycles. The number of halogens is 1. The Kier molecular flexibility index (Phi) is 13.0. The molecule has 0 aromatic heterocycles. The summed E-state index contributed by atoms with van der Waals surface area (Å²) in [5.41, 5.74) is 1.70. The van der Waals surface area contributed by atoms with Gasteiger partial charge in [0.25, 0.3) is 8.32 Å². The van der Waals surface area contributed by atoms with E-state index in [1.165, 1.54) is 10.4 Å². The second-order valence-electron chi connectivity index (χ2n) is 15.6. The van der Waals surface area contributed by atoms with Crippen molar-refractivity contribution in [3.63, 3.8) is 0 Å². The highest BCUT2D eigenvalue weighted by Crippen LogP contribution is 2.40. The standard InChI is InChI=1S/C41H55ClO4SSi2/c1-40(2,3)48(7,8)45-31-19-11-16-26-39(47(43,44)35-29-27-34(42)28-30-35)38-25-18-17-20-33(38)32-46-49(41(4,5)6,36-21-12-9-13-22-36)37-23-14-10-15-24-37/h9-10,12-15,17-18,20-25,27-30,39H,11,16,19,26,31-32H2,1-8H3. The van der Waals surface area contributed by atoms with Crippen LogP contribution in [0.1, 0.15) is 83.6 Å². The summed E-state index contributed by atoms with van der Waals surface area (Å²) in [6.07, 6.45) is 3.06. The summed E-state index contributed by atoms with van der Waals surface area (Å²) in [5, 5.41) is 2.12. The van der Waals surface area contributed by atoms with E-state index >= 15 is 0 Å². The molecule has 0 radical (unpaired) electrons. The molecule has 0 bridgehead atoms. The van der Waals surface area contributed by atoms with Crippen molar-refractivity contribution in [1.82, 2.24) is 0 Å². The van der Waals surface area contributed by atoms with Crippen LogP contribution in [0.3, 0.4) is 0 Å². The molecule has 1 atom stereocenters. The Morgan fingerprint density at radius 2 is 1.18 bits per heavy atom. The van der Waals surface area contributed by atoms with Crippen molar-refractivity contribution in [2.24, 2.45) is 0 Å². The van der Waals surface area contributed by atoms with Gasteiger partial charge in [0.2, 0.25) is 0 Å². The topological polar surface area (TPSA) is 52.6 Å². The molecule has 0 saturated heterocycles. The summed E-state index contributed by atoms with van der Waals surface area (Å²) in [4.78, 5) is 0.283. The van der Waals surface area contributed by atoms with Gasteiger partial charge in [-0.05, 0) is 81.8 Å². The highest BCUT2D eigenvalue weighted by Gasteiger charge is 2.50. The van der Waals surface area contributed by atoms with Crippen LogP contribution in [-0.4, -0.2) is 31.7 Å². The van der Waals surface area contributed by atoms with Crippen LogP contribution in [0.2, 0.25) is 28.2 Å². The molecule has 0 fully saturated rings. The lowest BCUT2D eigenvalue weighted by atomic mass is 10.0. The van der Waals surface area contributed by atoms with Crippen molar-refractivity contribution >= 4 is 48.4 Å². The monoisotopic (exact) mass is 734 g/mol. The minimum absolute atomic E-state index is 0.158. The van der Waals surface area contributed by atoms with Crippen LogP contribution in [0, 0.1) is 0 Å². The maximum absolute atomic E-state index is 14.5. The number of hydrogen-bond acceptors (Lipinski definition) is 4. The van der Waals surface area contributed by atoms with Gasteiger partial charge < -0.3 is 8.85 Å². The van der Waals surface area contributed by atoms with Crippen LogP contribution < -0.4 is 10.4 Å². The van der Waals surface area contributed by atoms with Crippen LogP contribution >= 0.6 is 11.6 Å². The van der Waals surface area contributed by atoms with E-state index in [1.54, 1.807) is 24.3 Å². The van der Waals surface area contributed by atoms with Crippen LogP contribution in [0.25, 0.3) is 0 Å². The lowest BCUT2D eigenvalue weighted by Crippen LogP contribution is -2.66. The quantitative estimate of drug-likeness (QED) is 0.0901. The molecule has 0 heterocycles. The lowest BCUT2D eigenvalue weighted by molar-refractivity contribution is 0.277. The smallest absolute Gasteiger partial charge is 0.261 e. The Bertz CT molecular complexity index is 1690. The van der Waals surface area contributed by atoms with Gasteiger partial charge in [0.1, 0.15) is 0 Å². The molecule has 4 aromatic rings. The average Bonchev–Trinajstić information content (AvgIpc) is 3.05. The van der Waals surface area contributed by atoms with Gasteiger partial charge in [0, 0.05) is 11.6 Å². The van der Waals surface area contributed by atoms with E-state index in [9.17, 15) is 8.42 Å². The van der Waals surface area contributed by atoms with Crippen LogP contribution in [0.5, 0.6) is 0 Å². The zero-order chi connectivity index (χ0) is 35.9. The molecule has 8 heteroatoms. The second-order valence-corrected chi connectivity index (χ2v) is 27.3. The Balaban J connectivity index is 1.68. The van der Waals surface area contributed by atoms with E-state index in [4.69, 9.17) is 20.5 Å². The Morgan fingerprint density at radius 3 is 1.71 bits per heavy atom. The predicted octanol–water partition coefficient (Wildman–Crippen LogP) is 10.5. The summed E-state index contributed by atoms with van der Waals surface area (Å²) in [5.74, 6) is 0. The fraction of sp³-hybridized carbons (Fsp3) is 0.415. The van der Waals surface area contributed by atoms with Crippen molar-refractivity contribution in [3.05, 3.63) is 125 Å². The van der Waals surface area contributed by atoms with Gasteiger partial charge in [-0.25, -0.2) is 8.42 Å². The maximum Gasteiger partial charge on any atom is 0.261 e. The number of rotatable bonds is 15. The van der Waals surface area contributed by atoms with Crippen LogP contribution in [0.15, 0.2) is 114 Å². The second kappa shape index (κ2) is 16.2. The third-order valence-corrected chi connectivity index (χ3v) is 22.1. The summed E-state index contributed by atoms with van der Waals surface area (Å²) < 4.78 is 42.7. The lowest BCUT2D eigenvalue weighted by Gasteiger charge is -2.43. The van der Waals surface area contributed by atoms with E-state index in [2.05, 4.69) is 103 Å². The molecule has 0 amide bonds. The Hall–Kier alpha value is -2.53. The first-order valence-electron chi connectivity index (χ1n) is 17.5. The van der Waals surface area contributed by atoms with E-state index in [0.717, 1.165) is 30.4 Å². The zero-order valence-corrected chi connectivity index (χ0v) is 34.2. The fourth-order valence-corrected chi connectivity index (χ4v) is 14.0. The van der Waals surface area contributed by atoms with Crippen molar-refractivity contribution in [2.75, 3.05) is 6.61 Å². The number of benzene rings is 4. The molecule has 4 nitrogen and oxygen atoms in total. The van der Waals surface area contributed by atoms with Crippen molar-refractivity contribution in [3.8, 4) is 0 Å². The minimum Gasteiger partial charge on any atom is -0.417 e. The molecular formula is C41H55ClO4SSi2. The normalized spacial score (nSPS) is 13.7. The van der Waals surface area contributed by atoms with Gasteiger partial charge in [0.15, 0.2) is 18.2 Å². The molecule has 49 heavy (non-hydrogen) atoms. The van der Waals surface area contributed by atoms with E-state index in [-0.39, 0.29) is 15.0 Å². The molecule has 0 aliphatic heterocycles. The minimum atomic E-state index is -3.74. The van der Waals surface area contributed by atoms with Crippen molar-refractivity contribution in [1.29, 1.82) is 0 Å². The first-order valence-corrected chi connectivity index (χ1v) is 24.2. The van der Waals surface area contributed by atoms with Gasteiger partial charge in [-0.3, -0.25) is 0 Å². The zero-order valence-electron chi connectivity index (χ0n) is 30.6. The van der Waals surface area contributed by atoms with E-state index in [0.29, 0.717) is 24.7 Å². The molecular weight excluding hydrogens is 680 g/mol. The maximum atomic E-state index is 14.5. The van der Waals surface area contributed by atoms with Crippen molar-refractivity contribution < 1.29 is 17.3 Å². The number of sulfone groups is 1. The molecule has 264 valence electrons. The first-order chi connectivity index (χ1) is 23.0.